The summed E-state index contributed by atoms with van der Waals surface area (Å²) in [4.78, 5) is 13.9. The summed E-state index contributed by atoms with van der Waals surface area (Å²) >= 11 is 0. The summed E-state index contributed by atoms with van der Waals surface area (Å²) in [6.07, 6.45) is 6.14. The first kappa shape index (κ1) is 13.5. The van der Waals surface area contributed by atoms with E-state index < -0.39 is 6.04 Å². The number of amides is 1. The van der Waals surface area contributed by atoms with Crippen LogP contribution in [0.15, 0.2) is 0 Å². The zero-order valence-electron chi connectivity index (χ0n) is 10.2. The number of nitrogens with zero attached hydrogens (tertiary/aromatic N) is 1. The molecule has 4 nitrogen and oxygen atoms in total. The molecule has 1 aliphatic carbocycles. The van der Waals surface area contributed by atoms with E-state index in [4.69, 9.17) is 10.8 Å². The highest BCUT2D eigenvalue weighted by molar-refractivity contribution is 5.82. The lowest BCUT2D eigenvalue weighted by molar-refractivity contribution is -0.135. The highest BCUT2D eigenvalue weighted by Gasteiger charge is 2.28. The molecule has 94 valence electrons. The fraction of sp³-hybridized carbons (Fsp3) is 0.917. The van der Waals surface area contributed by atoms with E-state index in [9.17, 15) is 4.79 Å². The lowest BCUT2D eigenvalue weighted by Crippen LogP contribution is -2.49. The highest BCUT2D eigenvalue weighted by atomic mass is 16.3. The van der Waals surface area contributed by atoms with E-state index in [2.05, 4.69) is 0 Å². The van der Waals surface area contributed by atoms with Gasteiger partial charge in [-0.05, 0) is 19.3 Å². The molecule has 0 unspecified atom stereocenters. The molecular formula is C12H24N2O2. The van der Waals surface area contributed by atoms with Gasteiger partial charge in [-0.25, -0.2) is 0 Å². The summed E-state index contributed by atoms with van der Waals surface area (Å²) < 4.78 is 0. The Balaban J connectivity index is 2.56. The van der Waals surface area contributed by atoms with Crippen molar-refractivity contribution in [3.05, 3.63) is 0 Å². The Morgan fingerprint density at radius 3 is 2.62 bits per heavy atom. The van der Waals surface area contributed by atoms with Crippen LogP contribution in [0.1, 0.15) is 45.4 Å². The van der Waals surface area contributed by atoms with Gasteiger partial charge in [-0.1, -0.05) is 26.2 Å². The van der Waals surface area contributed by atoms with E-state index in [1.54, 1.807) is 4.90 Å². The summed E-state index contributed by atoms with van der Waals surface area (Å²) in [7, 11) is 0. The number of carbonyl (C=O) groups is 1. The van der Waals surface area contributed by atoms with Crippen molar-refractivity contribution in [1.29, 1.82) is 0 Å². The molecule has 0 bridgehead atoms. The second kappa shape index (κ2) is 6.86. The Kier molecular flexibility index (Phi) is 5.77. The molecule has 0 aromatic heterocycles. The van der Waals surface area contributed by atoms with E-state index in [1.807, 2.05) is 6.92 Å². The van der Waals surface area contributed by atoms with Crippen molar-refractivity contribution in [2.75, 3.05) is 13.2 Å². The van der Waals surface area contributed by atoms with Crippen LogP contribution in [0.3, 0.4) is 0 Å². The molecule has 1 amide bonds. The Bertz CT molecular complexity index is 215. The molecule has 4 heteroatoms. The molecule has 0 aliphatic heterocycles. The van der Waals surface area contributed by atoms with Crippen LogP contribution in [0, 0.1) is 0 Å². The van der Waals surface area contributed by atoms with Crippen LogP contribution in [-0.2, 0) is 4.79 Å². The van der Waals surface area contributed by atoms with Crippen molar-refractivity contribution in [1.82, 2.24) is 4.90 Å². The molecule has 1 rings (SSSR count). The molecule has 1 saturated carbocycles. The molecule has 1 atom stereocenters. The van der Waals surface area contributed by atoms with Crippen LogP contribution in [0.25, 0.3) is 0 Å². The fourth-order valence-electron chi connectivity index (χ4n) is 2.44. The van der Waals surface area contributed by atoms with Crippen LogP contribution in [0.5, 0.6) is 0 Å². The highest BCUT2D eigenvalue weighted by Crippen LogP contribution is 2.24. The SMILES string of the molecule is CCC[C@@H](N)C(=O)N(CCO)C1CCCC1. The van der Waals surface area contributed by atoms with E-state index in [0.29, 0.717) is 12.6 Å². The van der Waals surface area contributed by atoms with E-state index in [-0.39, 0.29) is 12.5 Å². The Morgan fingerprint density at radius 2 is 2.12 bits per heavy atom. The second-order valence-electron chi connectivity index (χ2n) is 4.59. The van der Waals surface area contributed by atoms with Crippen molar-refractivity contribution in [3.8, 4) is 0 Å². The summed E-state index contributed by atoms with van der Waals surface area (Å²) in [5, 5.41) is 9.02. The van der Waals surface area contributed by atoms with Crippen LogP contribution in [0.2, 0.25) is 0 Å². The number of hydrogen-bond acceptors (Lipinski definition) is 3. The molecule has 0 heterocycles. The quantitative estimate of drug-likeness (QED) is 0.709. The zero-order valence-corrected chi connectivity index (χ0v) is 10.2. The van der Waals surface area contributed by atoms with Crippen LogP contribution >= 0.6 is 0 Å². The van der Waals surface area contributed by atoms with E-state index in [1.165, 1.54) is 12.8 Å². The third-order valence-corrected chi connectivity index (χ3v) is 3.31. The number of aliphatic hydroxyl groups excluding tert-OH is 1. The topological polar surface area (TPSA) is 66.6 Å². The lowest BCUT2D eigenvalue weighted by Gasteiger charge is -2.30. The molecule has 0 saturated heterocycles. The second-order valence-corrected chi connectivity index (χ2v) is 4.59. The number of carbonyl (C=O) groups excluding carboxylic acids is 1. The predicted molar refractivity (Wildman–Crippen MR) is 63.9 cm³/mol. The van der Waals surface area contributed by atoms with Gasteiger partial charge in [0.2, 0.25) is 5.91 Å². The van der Waals surface area contributed by atoms with Gasteiger partial charge in [0.15, 0.2) is 0 Å². The van der Waals surface area contributed by atoms with Gasteiger partial charge in [-0.15, -0.1) is 0 Å². The number of rotatable bonds is 6. The molecule has 1 aliphatic rings. The molecule has 3 N–H and O–H groups in total. The fourth-order valence-corrected chi connectivity index (χ4v) is 2.44. The lowest BCUT2D eigenvalue weighted by atomic mass is 10.1. The standard InChI is InChI=1S/C12H24N2O2/c1-2-5-11(13)12(16)14(8-9-15)10-6-3-4-7-10/h10-11,15H,2-9,13H2,1H3/t11-/m1/s1. The number of nitrogens with two attached hydrogens (primary N) is 1. The van der Waals surface area contributed by atoms with Gasteiger partial charge in [0.05, 0.1) is 12.6 Å². The normalized spacial score (nSPS) is 18.7. The maximum absolute atomic E-state index is 12.1. The zero-order chi connectivity index (χ0) is 12.0. The predicted octanol–water partition coefficient (Wildman–Crippen LogP) is 0.877. The van der Waals surface area contributed by atoms with Crippen molar-refractivity contribution in [2.24, 2.45) is 5.73 Å². The molecule has 0 radical (unpaired) electrons. The third kappa shape index (κ3) is 3.46. The van der Waals surface area contributed by atoms with Crippen LogP contribution in [-0.4, -0.2) is 41.1 Å². The van der Waals surface area contributed by atoms with Gasteiger partial charge in [-0.2, -0.15) is 0 Å². The maximum Gasteiger partial charge on any atom is 0.239 e. The van der Waals surface area contributed by atoms with Gasteiger partial charge in [0.25, 0.3) is 0 Å². The van der Waals surface area contributed by atoms with Crippen molar-refractivity contribution < 1.29 is 9.90 Å². The minimum atomic E-state index is -0.392. The molecule has 0 spiro atoms. The Labute approximate surface area is 97.8 Å². The molecule has 0 aromatic carbocycles. The van der Waals surface area contributed by atoms with Gasteiger partial charge >= 0.3 is 0 Å². The van der Waals surface area contributed by atoms with Gasteiger partial charge in [0.1, 0.15) is 0 Å². The first-order valence-electron chi connectivity index (χ1n) is 6.37. The monoisotopic (exact) mass is 228 g/mol. The first-order chi connectivity index (χ1) is 7.70. The van der Waals surface area contributed by atoms with Crippen molar-refractivity contribution in [3.63, 3.8) is 0 Å². The summed E-state index contributed by atoms with van der Waals surface area (Å²) in [6, 6.07) is -0.0836. The smallest absolute Gasteiger partial charge is 0.239 e. The molecule has 16 heavy (non-hydrogen) atoms. The third-order valence-electron chi connectivity index (χ3n) is 3.31. The van der Waals surface area contributed by atoms with E-state index in [0.717, 1.165) is 25.7 Å². The summed E-state index contributed by atoms with van der Waals surface area (Å²) in [6.45, 7) is 2.49. The van der Waals surface area contributed by atoms with Crippen molar-refractivity contribution >= 4 is 5.91 Å². The molecular weight excluding hydrogens is 204 g/mol. The minimum absolute atomic E-state index is 0.0165. The Hall–Kier alpha value is -0.610. The molecule has 0 aromatic rings. The Morgan fingerprint density at radius 1 is 1.50 bits per heavy atom. The summed E-state index contributed by atoms with van der Waals surface area (Å²) in [5.74, 6) is 0.0165. The van der Waals surface area contributed by atoms with Crippen LogP contribution in [0.4, 0.5) is 0 Å². The maximum atomic E-state index is 12.1. The minimum Gasteiger partial charge on any atom is -0.395 e. The number of aliphatic hydroxyl groups is 1. The van der Waals surface area contributed by atoms with E-state index >= 15 is 0 Å². The van der Waals surface area contributed by atoms with Gasteiger partial charge in [-0.3, -0.25) is 4.79 Å². The van der Waals surface area contributed by atoms with Crippen LogP contribution < -0.4 is 5.73 Å². The van der Waals surface area contributed by atoms with Gasteiger partial charge < -0.3 is 15.7 Å². The first-order valence-corrected chi connectivity index (χ1v) is 6.37. The summed E-state index contributed by atoms with van der Waals surface area (Å²) in [5.41, 5.74) is 5.85. The number of hydrogen-bond donors (Lipinski definition) is 2. The average molecular weight is 228 g/mol. The average Bonchev–Trinajstić information content (AvgIpc) is 2.78. The molecule has 1 fully saturated rings. The van der Waals surface area contributed by atoms with Crippen molar-refractivity contribution in [2.45, 2.75) is 57.5 Å². The van der Waals surface area contributed by atoms with Gasteiger partial charge in [0, 0.05) is 12.6 Å². The largest absolute Gasteiger partial charge is 0.395 e.